The lowest BCUT2D eigenvalue weighted by Crippen LogP contribution is -2.33. The van der Waals surface area contributed by atoms with Gasteiger partial charge in [-0.2, -0.15) is 11.8 Å². The van der Waals surface area contributed by atoms with Gasteiger partial charge in [0.25, 0.3) is 5.91 Å². The lowest BCUT2D eigenvalue weighted by Gasteiger charge is -2.12. The minimum Gasteiger partial charge on any atom is -0.397 e. The summed E-state index contributed by atoms with van der Waals surface area (Å²) in [5, 5.41) is 2.93. The molecule has 0 spiro atoms. The Labute approximate surface area is 100 Å². The molecular weight excluding hydrogens is 222 g/mol. The van der Waals surface area contributed by atoms with E-state index in [0.717, 1.165) is 17.9 Å². The minimum atomic E-state index is -0.0919. The van der Waals surface area contributed by atoms with Crippen LogP contribution in [0.2, 0.25) is 0 Å². The van der Waals surface area contributed by atoms with Crippen molar-refractivity contribution in [1.82, 2.24) is 10.3 Å². The van der Waals surface area contributed by atoms with Crippen molar-refractivity contribution in [1.29, 1.82) is 0 Å². The first-order chi connectivity index (χ1) is 7.63. The lowest BCUT2D eigenvalue weighted by molar-refractivity contribution is 0.0935. The number of hydrogen-bond donors (Lipinski definition) is 3. The number of aromatic nitrogens is 1. The van der Waals surface area contributed by atoms with Crippen LogP contribution in [-0.4, -0.2) is 28.4 Å². The number of anilines is 1. The number of carbonyl (C=O) groups excluding carboxylic acids is 1. The first-order valence-electron chi connectivity index (χ1n) is 5.46. The van der Waals surface area contributed by atoms with Crippen molar-refractivity contribution in [3.8, 4) is 0 Å². The fourth-order valence-electron chi connectivity index (χ4n) is 1.32. The van der Waals surface area contributed by atoms with Crippen LogP contribution in [-0.2, 0) is 0 Å². The van der Waals surface area contributed by atoms with E-state index >= 15 is 0 Å². The fraction of sp³-hybridized carbons (Fsp3) is 0.545. The third kappa shape index (κ3) is 4.18. The molecule has 1 heterocycles. The van der Waals surface area contributed by atoms with Crippen molar-refractivity contribution >= 4 is 23.4 Å². The zero-order valence-corrected chi connectivity index (χ0v) is 10.6. The average molecular weight is 241 g/mol. The van der Waals surface area contributed by atoms with Gasteiger partial charge >= 0.3 is 0 Å². The van der Waals surface area contributed by atoms with E-state index in [1.807, 2.05) is 18.7 Å². The second-order valence-corrected chi connectivity index (χ2v) is 5.10. The molecule has 5 heteroatoms. The molecule has 0 aliphatic rings. The van der Waals surface area contributed by atoms with Crippen molar-refractivity contribution in [3.05, 3.63) is 18.0 Å². The van der Waals surface area contributed by atoms with Crippen LogP contribution in [0.5, 0.6) is 0 Å². The van der Waals surface area contributed by atoms with Crippen molar-refractivity contribution in [2.75, 3.05) is 17.2 Å². The van der Waals surface area contributed by atoms with E-state index in [9.17, 15) is 4.79 Å². The Kier molecular flexibility index (Phi) is 5.25. The zero-order valence-electron chi connectivity index (χ0n) is 9.75. The Morgan fingerprint density at radius 1 is 1.69 bits per heavy atom. The first-order valence-corrected chi connectivity index (χ1v) is 6.61. The molecule has 0 saturated heterocycles. The summed E-state index contributed by atoms with van der Waals surface area (Å²) in [6.07, 6.45) is 2.60. The molecule has 4 nitrogen and oxygen atoms in total. The van der Waals surface area contributed by atoms with Crippen LogP contribution < -0.4 is 11.1 Å². The van der Waals surface area contributed by atoms with Gasteiger partial charge in [-0.05, 0) is 30.9 Å². The molecule has 0 aliphatic carbocycles. The van der Waals surface area contributed by atoms with Crippen LogP contribution in [0.4, 0.5) is 5.69 Å². The van der Waals surface area contributed by atoms with Gasteiger partial charge in [-0.3, -0.25) is 4.79 Å². The van der Waals surface area contributed by atoms with E-state index in [1.54, 1.807) is 12.3 Å². The predicted molar refractivity (Wildman–Crippen MR) is 69.7 cm³/mol. The topological polar surface area (TPSA) is 70.9 Å². The molecule has 0 bridgehead atoms. The maximum absolute atomic E-state index is 11.7. The summed E-state index contributed by atoms with van der Waals surface area (Å²) < 4.78 is 0. The Morgan fingerprint density at radius 2 is 2.44 bits per heavy atom. The maximum atomic E-state index is 11.7. The summed E-state index contributed by atoms with van der Waals surface area (Å²) in [6.45, 7) is 4.15. The Balaban J connectivity index is 2.33. The SMILES string of the molecule is CCSCCC(C)NC(=O)c1cc(N)c[nH]1. The second kappa shape index (κ2) is 6.48. The smallest absolute Gasteiger partial charge is 0.267 e. The third-order valence-electron chi connectivity index (χ3n) is 2.23. The summed E-state index contributed by atoms with van der Waals surface area (Å²) in [4.78, 5) is 14.5. The quantitative estimate of drug-likeness (QED) is 0.666. The maximum Gasteiger partial charge on any atom is 0.267 e. The fourth-order valence-corrected chi connectivity index (χ4v) is 2.13. The molecule has 0 saturated carbocycles. The van der Waals surface area contributed by atoms with Gasteiger partial charge in [0.15, 0.2) is 0 Å². The molecule has 0 aliphatic heterocycles. The number of nitrogens with one attached hydrogen (secondary N) is 2. The normalized spacial score (nSPS) is 12.4. The van der Waals surface area contributed by atoms with Crippen LogP contribution in [0.15, 0.2) is 12.3 Å². The van der Waals surface area contributed by atoms with Crippen molar-refractivity contribution in [2.45, 2.75) is 26.3 Å². The molecule has 90 valence electrons. The summed E-state index contributed by atoms with van der Waals surface area (Å²) in [5.74, 6) is 2.10. The highest BCUT2D eigenvalue weighted by molar-refractivity contribution is 7.99. The van der Waals surface area contributed by atoms with Gasteiger partial charge in [0, 0.05) is 17.9 Å². The summed E-state index contributed by atoms with van der Waals surface area (Å²) >= 11 is 1.88. The highest BCUT2D eigenvalue weighted by Gasteiger charge is 2.10. The van der Waals surface area contributed by atoms with Gasteiger partial charge < -0.3 is 16.0 Å². The van der Waals surface area contributed by atoms with Gasteiger partial charge in [0.1, 0.15) is 5.69 Å². The van der Waals surface area contributed by atoms with Crippen LogP contribution in [0.3, 0.4) is 0 Å². The van der Waals surface area contributed by atoms with Gasteiger partial charge in [0.2, 0.25) is 0 Å². The number of hydrogen-bond acceptors (Lipinski definition) is 3. The Morgan fingerprint density at radius 3 is 3.00 bits per heavy atom. The number of carbonyl (C=O) groups is 1. The molecule has 1 aromatic heterocycles. The number of H-pyrrole nitrogens is 1. The number of amides is 1. The molecular formula is C11H19N3OS. The Hall–Kier alpha value is -1.10. The van der Waals surface area contributed by atoms with Gasteiger partial charge in [-0.25, -0.2) is 0 Å². The third-order valence-corrected chi connectivity index (χ3v) is 3.16. The van der Waals surface area contributed by atoms with Gasteiger partial charge in [0.05, 0.1) is 0 Å². The molecule has 1 aromatic rings. The largest absolute Gasteiger partial charge is 0.397 e. The van der Waals surface area contributed by atoms with E-state index < -0.39 is 0 Å². The van der Waals surface area contributed by atoms with Crippen LogP contribution >= 0.6 is 11.8 Å². The van der Waals surface area contributed by atoms with Crippen molar-refractivity contribution < 1.29 is 4.79 Å². The number of rotatable bonds is 6. The summed E-state index contributed by atoms with van der Waals surface area (Å²) in [7, 11) is 0. The van der Waals surface area contributed by atoms with Crippen LogP contribution in [0.25, 0.3) is 0 Å². The van der Waals surface area contributed by atoms with E-state index in [4.69, 9.17) is 5.73 Å². The van der Waals surface area contributed by atoms with Gasteiger partial charge in [-0.15, -0.1) is 0 Å². The molecule has 1 atom stereocenters. The van der Waals surface area contributed by atoms with Crippen LogP contribution in [0, 0.1) is 0 Å². The predicted octanol–water partition coefficient (Wildman–Crippen LogP) is 1.86. The summed E-state index contributed by atoms with van der Waals surface area (Å²) in [5.41, 5.74) is 6.63. The highest BCUT2D eigenvalue weighted by Crippen LogP contribution is 2.07. The molecule has 4 N–H and O–H groups in total. The van der Waals surface area contributed by atoms with E-state index in [-0.39, 0.29) is 11.9 Å². The molecule has 1 rings (SSSR count). The summed E-state index contributed by atoms with van der Waals surface area (Å²) in [6, 6.07) is 1.83. The number of thioether (sulfide) groups is 1. The van der Waals surface area contributed by atoms with Crippen molar-refractivity contribution in [3.63, 3.8) is 0 Å². The molecule has 0 fully saturated rings. The lowest BCUT2D eigenvalue weighted by atomic mass is 10.2. The van der Waals surface area contributed by atoms with Gasteiger partial charge in [-0.1, -0.05) is 6.92 Å². The number of aromatic amines is 1. The van der Waals surface area contributed by atoms with E-state index in [2.05, 4.69) is 17.2 Å². The number of nitrogens with two attached hydrogens (primary N) is 1. The molecule has 0 radical (unpaired) electrons. The van der Waals surface area contributed by atoms with E-state index in [1.165, 1.54) is 0 Å². The molecule has 16 heavy (non-hydrogen) atoms. The molecule has 1 amide bonds. The van der Waals surface area contributed by atoms with Crippen LogP contribution in [0.1, 0.15) is 30.8 Å². The molecule has 0 aromatic carbocycles. The molecule has 1 unspecified atom stereocenters. The van der Waals surface area contributed by atoms with E-state index in [0.29, 0.717) is 11.4 Å². The highest BCUT2D eigenvalue weighted by atomic mass is 32.2. The average Bonchev–Trinajstić information content (AvgIpc) is 2.65. The zero-order chi connectivity index (χ0) is 12.0. The van der Waals surface area contributed by atoms with Crippen molar-refractivity contribution in [2.24, 2.45) is 0 Å². The minimum absolute atomic E-state index is 0.0919. The monoisotopic (exact) mass is 241 g/mol. The second-order valence-electron chi connectivity index (χ2n) is 3.71. The standard InChI is InChI=1S/C11H19N3OS/c1-3-16-5-4-8(2)14-11(15)10-6-9(12)7-13-10/h6-8,13H,3-5,12H2,1-2H3,(H,14,15). The Bertz CT molecular complexity index is 338. The first kappa shape index (κ1) is 13.0. The number of nitrogen functional groups attached to an aromatic ring is 1.